The normalized spacial score (nSPS) is 13.3. The molecular weight excluding hydrogens is 270 g/mol. The van der Waals surface area contributed by atoms with E-state index in [1.54, 1.807) is 0 Å². The number of nitrogens with zero attached hydrogens (tertiary/aromatic N) is 3. The van der Waals surface area contributed by atoms with Gasteiger partial charge < -0.3 is 0 Å². The van der Waals surface area contributed by atoms with Crippen LogP contribution in [-0.2, 0) is 0 Å². The largest absolute Gasteiger partial charge is 0.196 e. The summed E-state index contributed by atoms with van der Waals surface area (Å²) in [7, 11) is 0. The highest BCUT2D eigenvalue weighted by Crippen LogP contribution is 2.30. The first-order chi connectivity index (χ1) is 10.1. The van der Waals surface area contributed by atoms with Crippen LogP contribution in [0.4, 0.5) is 0 Å². The maximum atomic E-state index is 9.75. The van der Waals surface area contributed by atoms with Gasteiger partial charge in [-0.1, -0.05) is 55.4 Å². The van der Waals surface area contributed by atoms with Crippen molar-refractivity contribution in [2.75, 3.05) is 0 Å². The Balaban J connectivity index is 5.23. The first-order valence-electron chi connectivity index (χ1n) is 8.93. The van der Waals surface area contributed by atoms with Gasteiger partial charge in [-0.2, -0.15) is 15.5 Å². The molecule has 0 aliphatic carbocycles. The highest BCUT2D eigenvalue weighted by molar-refractivity contribution is 5.07. The van der Waals surface area contributed by atoms with E-state index in [4.69, 9.17) is 0 Å². The lowest BCUT2D eigenvalue weighted by atomic mass is 9.84. The number of azo groups is 1. The third kappa shape index (κ3) is 9.18. The summed E-state index contributed by atoms with van der Waals surface area (Å²) in [6, 6.07) is 2.72. The van der Waals surface area contributed by atoms with Crippen molar-refractivity contribution < 1.29 is 0 Å². The Bertz CT molecular complexity index is 341. The van der Waals surface area contributed by atoms with Crippen LogP contribution in [0.2, 0.25) is 0 Å². The topological polar surface area (TPSA) is 48.5 Å². The van der Waals surface area contributed by atoms with Gasteiger partial charge in [0, 0.05) is 0 Å². The first kappa shape index (κ1) is 21.1. The van der Waals surface area contributed by atoms with Gasteiger partial charge in [0.15, 0.2) is 5.54 Å². The quantitative estimate of drug-likeness (QED) is 0.440. The highest BCUT2D eigenvalue weighted by atomic mass is 15.2. The third-order valence-electron chi connectivity index (χ3n) is 3.60. The first-order valence-corrected chi connectivity index (χ1v) is 8.93. The summed E-state index contributed by atoms with van der Waals surface area (Å²) in [5.41, 5.74) is -0.644. The van der Waals surface area contributed by atoms with Gasteiger partial charge in [0.1, 0.15) is 0 Å². The fourth-order valence-electron chi connectivity index (χ4n) is 3.10. The monoisotopic (exact) mass is 307 g/mol. The zero-order valence-electron chi connectivity index (χ0n) is 16.1. The van der Waals surface area contributed by atoms with Crippen molar-refractivity contribution in [1.82, 2.24) is 0 Å². The summed E-state index contributed by atoms with van der Waals surface area (Å²) in [6.45, 7) is 17.5. The molecule has 0 atom stereocenters. The molecule has 0 heterocycles. The lowest BCUT2D eigenvalue weighted by Gasteiger charge is -2.26. The van der Waals surface area contributed by atoms with Gasteiger partial charge in [-0.25, -0.2) is 0 Å². The van der Waals surface area contributed by atoms with E-state index in [1.807, 2.05) is 0 Å². The summed E-state index contributed by atoms with van der Waals surface area (Å²) >= 11 is 0. The van der Waals surface area contributed by atoms with Crippen LogP contribution >= 0.6 is 0 Å². The van der Waals surface area contributed by atoms with Gasteiger partial charge in [0.05, 0.1) is 12.1 Å². The van der Waals surface area contributed by atoms with E-state index >= 15 is 0 Å². The lowest BCUT2D eigenvalue weighted by Crippen LogP contribution is -2.29. The molecule has 0 unspecified atom stereocenters. The molecule has 22 heavy (non-hydrogen) atoms. The van der Waals surface area contributed by atoms with Crippen molar-refractivity contribution in [2.45, 2.75) is 92.7 Å². The van der Waals surface area contributed by atoms with Gasteiger partial charge in [0.25, 0.3) is 0 Å². The van der Waals surface area contributed by atoms with E-state index in [-0.39, 0.29) is 6.04 Å². The number of hydrogen-bond acceptors (Lipinski definition) is 3. The zero-order chi connectivity index (χ0) is 17.3. The van der Waals surface area contributed by atoms with E-state index in [0.717, 1.165) is 25.7 Å². The van der Waals surface area contributed by atoms with Gasteiger partial charge in [-0.3, -0.25) is 0 Å². The van der Waals surface area contributed by atoms with E-state index in [9.17, 15) is 5.26 Å². The molecule has 0 aliphatic heterocycles. The molecule has 0 aromatic carbocycles. The standard InChI is InChI=1S/C19H37N3/c1-14(2)9-18(10-15(3)4)21-22-19(13-20,11-16(5)6)12-17(7)8/h14-18H,9-12H2,1-8H3. The summed E-state index contributed by atoms with van der Waals surface area (Å²) in [5, 5.41) is 19.0. The molecule has 0 saturated carbocycles. The minimum Gasteiger partial charge on any atom is -0.196 e. The Labute approximate surface area is 138 Å². The van der Waals surface area contributed by atoms with Crippen molar-refractivity contribution >= 4 is 0 Å². The molecule has 3 heteroatoms. The second-order valence-electron chi connectivity index (χ2n) is 8.47. The van der Waals surface area contributed by atoms with Crippen molar-refractivity contribution in [3.05, 3.63) is 0 Å². The number of nitriles is 1. The highest BCUT2D eigenvalue weighted by Gasteiger charge is 2.32. The Morgan fingerprint density at radius 2 is 1.18 bits per heavy atom. The number of hydrogen-bond donors (Lipinski definition) is 0. The Hall–Kier alpha value is -0.910. The molecule has 0 fully saturated rings. The summed E-state index contributed by atoms with van der Waals surface area (Å²) < 4.78 is 0. The van der Waals surface area contributed by atoms with Crippen LogP contribution in [0, 0.1) is 35.0 Å². The average molecular weight is 308 g/mol. The number of rotatable bonds is 10. The second kappa shape index (κ2) is 9.98. The van der Waals surface area contributed by atoms with Gasteiger partial charge in [-0.05, 0) is 49.4 Å². The predicted molar refractivity (Wildman–Crippen MR) is 94.8 cm³/mol. The summed E-state index contributed by atoms with van der Waals surface area (Å²) in [5.74, 6) is 2.11. The Morgan fingerprint density at radius 1 is 0.773 bits per heavy atom. The molecule has 0 bridgehead atoms. The van der Waals surface area contributed by atoms with Crippen LogP contribution in [0.5, 0.6) is 0 Å². The molecule has 0 N–H and O–H groups in total. The fraction of sp³-hybridized carbons (Fsp3) is 0.947. The predicted octanol–water partition coefficient (Wildman–Crippen LogP) is 6.25. The summed E-state index contributed by atoms with van der Waals surface area (Å²) in [4.78, 5) is 0. The lowest BCUT2D eigenvalue weighted by molar-refractivity contribution is 0.324. The van der Waals surface area contributed by atoms with E-state index in [0.29, 0.717) is 23.7 Å². The minimum atomic E-state index is -0.644. The van der Waals surface area contributed by atoms with Crippen LogP contribution in [0.25, 0.3) is 0 Å². The SMILES string of the molecule is CC(C)CC(CC(C)C)N=NC(C#N)(CC(C)C)CC(C)C. The average Bonchev–Trinajstić information content (AvgIpc) is 2.32. The molecule has 0 aliphatic rings. The molecule has 128 valence electrons. The van der Waals surface area contributed by atoms with E-state index in [2.05, 4.69) is 71.7 Å². The van der Waals surface area contributed by atoms with Crippen LogP contribution < -0.4 is 0 Å². The van der Waals surface area contributed by atoms with Gasteiger partial charge in [-0.15, -0.1) is 0 Å². The Morgan fingerprint density at radius 3 is 1.45 bits per heavy atom. The molecular formula is C19H37N3. The molecule has 0 saturated heterocycles. The molecule has 0 rings (SSSR count). The van der Waals surface area contributed by atoms with Crippen molar-refractivity contribution in [3.8, 4) is 6.07 Å². The molecule has 0 aromatic rings. The van der Waals surface area contributed by atoms with Crippen LogP contribution in [0.1, 0.15) is 81.1 Å². The van der Waals surface area contributed by atoms with Crippen LogP contribution in [-0.4, -0.2) is 11.6 Å². The summed E-state index contributed by atoms with van der Waals surface area (Å²) in [6.07, 6.45) is 3.68. The fourth-order valence-corrected chi connectivity index (χ4v) is 3.10. The second-order valence-corrected chi connectivity index (χ2v) is 8.47. The van der Waals surface area contributed by atoms with E-state index in [1.165, 1.54) is 0 Å². The van der Waals surface area contributed by atoms with Crippen molar-refractivity contribution in [1.29, 1.82) is 5.26 Å². The van der Waals surface area contributed by atoms with Crippen molar-refractivity contribution in [2.24, 2.45) is 33.9 Å². The van der Waals surface area contributed by atoms with Gasteiger partial charge in [0.2, 0.25) is 0 Å². The smallest absolute Gasteiger partial charge is 0.167 e. The third-order valence-corrected chi connectivity index (χ3v) is 3.60. The maximum absolute atomic E-state index is 9.75. The van der Waals surface area contributed by atoms with E-state index < -0.39 is 5.54 Å². The molecule has 0 amide bonds. The van der Waals surface area contributed by atoms with Crippen LogP contribution in [0.3, 0.4) is 0 Å². The molecule has 0 radical (unpaired) electrons. The van der Waals surface area contributed by atoms with Crippen molar-refractivity contribution in [3.63, 3.8) is 0 Å². The zero-order valence-corrected chi connectivity index (χ0v) is 16.1. The minimum absolute atomic E-state index is 0.243. The maximum Gasteiger partial charge on any atom is 0.167 e. The molecule has 0 aromatic heterocycles. The molecule has 3 nitrogen and oxygen atoms in total. The van der Waals surface area contributed by atoms with Crippen LogP contribution in [0.15, 0.2) is 10.2 Å². The van der Waals surface area contributed by atoms with Gasteiger partial charge >= 0.3 is 0 Å². The molecule has 0 spiro atoms. The Kier molecular flexibility index (Phi) is 9.56.